The van der Waals surface area contributed by atoms with Crippen LogP contribution in [-0.2, 0) is 17.6 Å². The topological polar surface area (TPSA) is 77.1 Å². The summed E-state index contributed by atoms with van der Waals surface area (Å²) in [5, 5.41) is 17.3. The second-order valence-corrected chi connectivity index (χ2v) is 11.1. The first-order chi connectivity index (χ1) is 23.2. The second-order valence-electron chi connectivity index (χ2n) is 11.1. The van der Waals surface area contributed by atoms with Crippen molar-refractivity contribution in [2.75, 3.05) is 13.2 Å². The molecular weight excluding hydrogens is 584 g/mol. The SMILES string of the molecule is CCCCc1ccc(N=Nc2ccc(OCCC=COC=CCCOc3ccc(N=Nc4ccc(CCCC)cc4)cc3)cc2)cc1. The normalized spacial score (nSPS) is 11.7. The molecule has 0 amide bonds. The lowest BCUT2D eigenvalue weighted by Gasteiger charge is -2.04. The minimum absolute atomic E-state index is 0.551. The van der Waals surface area contributed by atoms with Gasteiger partial charge < -0.3 is 14.2 Å². The van der Waals surface area contributed by atoms with E-state index in [0.717, 1.165) is 59.9 Å². The Balaban J connectivity index is 1.04. The quantitative estimate of drug-likeness (QED) is 0.0554. The molecule has 0 aromatic heterocycles. The van der Waals surface area contributed by atoms with Crippen molar-refractivity contribution in [1.29, 1.82) is 0 Å². The van der Waals surface area contributed by atoms with Crippen LogP contribution in [0.2, 0.25) is 0 Å². The van der Waals surface area contributed by atoms with Crippen LogP contribution < -0.4 is 9.47 Å². The Labute approximate surface area is 279 Å². The fraction of sp³-hybridized carbons (Fsp3) is 0.300. The molecule has 0 aliphatic rings. The molecule has 4 aromatic rings. The number of ether oxygens (including phenoxy) is 3. The maximum Gasteiger partial charge on any atom is 0.119 e. The molecule has 7 heteroatoms. The van der Waals surface area contributed by atoms with Gasteiger partial charge in [-0.15, -0.1) is 0 Å². The van der Waals surface area contributed by atoms with Crippen LogP contribution in [0.25, 0.3) is 0 Å². The van der Waals surface area contributed by atoms with Gasteiger partial charge in [-0.1, -0.05) is 51.0 Å². The third-order valence-electron chi connectivity index (χ3n) is 7.20. The highest BCUT2D eigenvalue weighted by Gasteiger charge is 1.98. The van der Waals surface area contributed by atoms with Crippen LogP contribution in [0.5, 0.6) is 11.5 Å². The molecule has 0 saturated carbocycles. The van der Waals surface area contributed by atoms with Gasteiger partial charge in [0.2, 0.25) is 0 Å². The van der Waals surface area contributed by atoms with Crippen molar-refractivity contribution < 1.29 is 14.2 Å². The van der Waals surface area contributed by atoms with E-state index < -0.39 is 0 Å². The van der Waals surface area contributed by atoms with E-state index in [1.54, 1.807) is 12.5 Å². The summed E-state index contributed by atoms with van der Waals surface area (Å²) in [7, 11) is 0. The molecule has 0 N–H and O–H groups in total. The van der Waals surface area contributed by atoms with Crippen LogP contribution in [0.15, 0.2) is 142 Å². The van der Waals surface area contributed by atoms with E-state index in [1.807, 2.05) is 84.9 Å². The van der Waals surface area contributed by atoms with Crippen LogP contribution in [0.3, 0.4) is 0 Å². The zero-order chi connectivity index (χ0) is 32.8. The summed E-state index contributed by atoms with van der Waals surface area (Å²) < 4.78 is 17.0. The molecule has 0 radical (unpaired) electrons. The van der Waals surface area contributed by atoms with Crippen molar-refractivity contribution >= 4 is 22.7 Å². The highest BCUT2D eigenvalue weighted by molar-refractivity contribution is 5.44. The highest BCUT2D eigenvalue weighted by Crippen LogP contribution is 2.23. The fourth-order valence-electron chi connectivity index (χ4n) is 4.45. The van der Waals surface area contributed by atoms with Gasteiger partial charge >= 0.3 is 0 Å². The van der Waals surface area contributed by atoms with Crippen molar-refractivity contribution in [3.8, 4) is 11.5 Å². The first-order valence-electron chi connectivity index (χ1n) is 16.6. The van der Waals surface area contributed by atoms with Gasteiger partial charge in [-0.2, -0.15) is 20.5 Å². The summed E-state index contributed by atoms with van der Waals surface area (Å²) >= 11 is 0. The van der Waals surface area contributed by atoms with E-state index in [2.05, 4.69) is 58.6 Å². The van der Waals surface area contributed by atoms with E-state index in [4.69, 9.17) is 14.2 Å². The van der Waals surface area contributed by atoms with Gasteiger partial charge in [0.1, 0.15) is 11.5 Å². The molecule has 0 bridgehead atoms. The number of benzene rings is 4. The van der Waals surface area contributed by atoms with Crippen molar-refractivity contribution in [1.82, 2.24) is 0 Å². The molecule has 0 unspecified atom stereocenters. The average molecular weight is 631 g/mol. The number of azo groups is 2. The van der Waals surface area contributed by atoms with E-state index in [-0.39, 0.29) is 0 Å². The maximum absolute atomic E-state index is 5.80. The third kappa shape index (κ3) is 13.9. The number of nitrogens with zero attached hydrogens (tertiary/aromatic N) is 4. The predicted octanol–water partition coefficient (Wildman–Crippen LogP) is 12.5. The van der Waals surface area contributed by atoms with Gasteiger partial charge in [0, 0.05) is 12.8 Å². The Morgan fingerprint density at radius 1 is 0.468 bits per heavy atom. The van der Waals surface area contributed by atoms with Crippen LogP contribution in [0.1, 0.15) is 63.5 Å². The van der Waals surface area contributed by atoms with Crippen LogP contribution >= 0.6 is 0 Å². The Kier molecular flexibility index (Phi) is 15.5. The largest absolute Gasteiger partial charge is 0.493 e. The first kappa shape index (κ1) is 34.8. The minimum atomic E-state index is 0.551. The number of hydrogen-bond donors (Lipinski definition) is 0. The van der Waals surface area contributed by atoms with E-state index in [0.29, 0.717) is 13.2 Å². The lowest BCUT2D eigenvalue weighted by atomic mass is 10.1. The summed E-state index contributed by atoms with van der Waals surface area (Å²) in [6.45, 7) is 5.51. The zero-order valence-corrected chi connectivity index (χ0v) is 27.6. The minimum Gasteiger partial charge on any atom is -0.493 e. The predicted molar refractivity (Wildman–Crippen MR) is 191 cm³/mol. The van der Waals surface area contributed by atoms with Crippen LogP contribution in [-0.4, -0.2) is 13.2 Å². The Morgan fingerprint density at radius 2 is 0.809 bits per heavy atom. The number of hydrogen-bond acceptors (Lipinski definition) is 7. The molecule has 4 rings (SSSR count). The lowest BCUT2D eigenvalue weighted by Crippen LogP contribution is -1.95. The molecule has 4 aromatic carbocycles. The Bertz CT molecular complexity index is 1420. The molecule has 0 heterocycles. The molecule has 0 fully saturated rings. The average Bonchev–Trinajstić information content (AvgIpc) is 3.12. The van der Waals surface area contributed by atoms with Gasteiger partial charge in [-0.25, -0.2) is 0 Å². The summed E-state index contributed by atoms with van der Waals surface area (Å²) in [6, 6.07) is 31.8. The summed E-state index contributed by atoms with van der Waals surface area (Å²) in [6.07, 6.45) is 15.7. The molecule has 0 spiro atoms. The van der Waals surface area contributed by atoms with Crippen LogP contribution in [0.4, 0.5) is 22.7 Å². The van der Waals surface area contributed by atoms with Gasteiger partial charge in [0.25, 0.3) is 0 Å². The van der Waals surface area contributed by atoms with Crippen molar-refractivity contribution in [2.24, 2.45) is 20.5 Å². The number of aryl methyl sites for hydroxylation is 2. The van der Waals surface area contributed by atoms with Gasteiger partial charge in [-0.3, -0.25) is 0 Å². The summed E-state index contributed by atoms with van der Waals surface area (Å²) in [4.78, 5) is 0. The third-order valence-corrected chi connectivity index (χ3v) is 7.20. The van der Waals surface area contributed by atoms with E-state index in [1.165, 1.54) is 36.8 Å². The van der Waals surface area contributed by atoms with Crippen molar-refractivity contribution in [2.45, 2.75) is 65.2 Å². The molecule has 47 heavy (non-hydrogen) atoms. The summed E-state index contributed by atoms with van der Waals surface area (Å²) in [5.74, 6) is 1.58. The maximum atomic E-state index is 5.80. The molecule has 0 aliphatic carbocycles. The lowest BCUT2D eigenvalue weighted by molar-refractivity contribution is 0.319. The van der Waals surface area contributed by atoms with E-state index >= 15 is 0 Å². The number of unbranched alkanes of at least 4 members (excludes halogenated alkanes) is 2. The van der Waals surface area contributed by atoms with E-state index in [9.17, 15) is 0 Å². The first-order valence-corrected chi connectivity index (χ1v) is 16.6. The van der Waals surface area contributed by atoms with Gasteiger partial charge in [0.15, 0.2) is 0 Å². The number of rotatable bonds is 20. The molecule has 0 aliphatic heterocycles. The standard InChI is InChI=1S/C40H46N4O3/c1-3-5-11-33-13-17-35(18-14-33)41-43-37-21-25-39(26-22-37)46-31-9-7-29-45-30-8-10-32-47-40-27-23-38(24-28-40)44-42-36-19-15-34(16-20-36)12-6-4-2/h7-8,13-30H,3-6,9-12,31-32H2,1-2H3. The van der Waals surface area contributed by atoms with Gasteiger partial charge in [-0.05, 0) is 122 Å². The molecule has 0 saturated heterocycles. The summed E-state index contributed by atoms with van der Waals surface area (Å²) in [5.41, 5.74) is 5.95. The van der Waals surface area contributed by atoms with Crippen molar-refractivity contribution in [3.05, 3.63) is 133 Å². The molecule has 0 atom stereocenters. The Hall–Kier alpha value is -5.04. The van der Waals surface area contributed by atoms with Crippen LogP contribution in [0, 0.1) is 0 Å². The van der Waals surface area contributed by atoms with Gasteiger partial charge in [0.05, 0.1) is 48.5 Å². The second kappa shape index (κ2) is 20.9. The molecule has 244 valence electrons. The fourth-order valence-corrected chi connectivity index (χ4v) is 4.45. The monoisotopic (exact) mass is 630 g/mol. The molecule has 7 nitrogen and oxygen atoms in total. The Morgan fingerprint density at radius 3 is 1.15 bits per heavy atom. The zero-order valence-electron chi connectivity index (χ0n) is 27.6. The van der Waals surface area contributed by atoms with Crippen molar-refractivity contribution in [3.63, 3.8) is 0 Å². The smallest absolute Gasteiger partial charge is 0.119 e. The molecular formula is C40H46N4O3. The highest BCUT2D eigenvalue weighted by atomic mass is 16.5.